The van der Waals surface area contributed by atoms with Crippen LogP contribution >= 0.6 is 23.5 Å². The van der Waals surface area contributed by atoms with Crippen molar-refractivity contribution in [2.45, 2.75) is 31.4 Å². The fourth-order valence-electron chi connectivity index (χ4n) is 3.24. The number of amides is 1. The third-order valence-electron chi connectivity index (χ3n) is 4.84. The maximum atomic E-state index is 12.5. The Morgan fingerprint density at radius 2 is 1.74 bits per heavy atom. The molecule has 0 radical (unpaired) electrons. The van der Waals surface area contributed by atoms with Crippen molar-refractivity contribution < 1.29 is 61.1 Å². The van der Waals surface area contributed by atoms with Crippen molar-refractivity contribution in [2.75, 3.05) is 6.61 Å². The van der Waals surface area contributed by atoms with E-state index in [1.807, 2.05) is 4.98 Å². The first-order chi connectivity index (χ1) is 17.6. The predicted molar refractivity (Wildman–Crippen MR) is 123 cm³/mol. The second-order valence-electron chi connectivity index (χ2n) is 7.70. The molecule has 1 fully saturated rings. The van der Waals surface area contributed by atoms with Crippen LogP contribution in [0.15, 0.2) is 46.1 Å². The van der Waals surface area contributed by atoms with Crippen LogP contribution in [0.1, 0.15) is 28.6 Å². The van der Waals surface area contributed by atoms with Crippen LogP contribution in [0.5, 0.6) is 0 Å². The number of hydrogen-bond donors (Lipinski definition) is 7. The van der Waals surface area contributed by atoms with Crippen molar-refractivity contribution >= 4 is 29.4 Å². The molecule has 7 N–H and O–H groups in total. The zero-order chi connectivity index (χ0) is 28.3. The van der Waals surface area contributed by atoms with Gasteiger partial charge >= 0.3 is 29.2 Å². The minimum absolute atomic E-state index is 0.0829. The van der Waals surface area contributed by atoms with E-state index in [1.54, 1.807) is 30.3 Å². The van der Waals surface area contributed by atoms with Gasteiger partial charge in [0.25, 0.3) is 11.5 Å². The number of phosphoric ester groups is 1. The van der Waals surface area contributed by atoms with Gasteiger partial charge in [-0.25, -0.2) is 18.5 Å². The molecule has 0 spiro atoms. The first kappa shape index (κ1) is 30.2. The molecule has 1 aromatic carbocycles. The summed E-state index contributed by atoms with van der Waals surface area (Å²) in [5.74, 6) is -0.813. The minimum Gasteiger partial charge on any atom is -0.390 e. The van der Waals surface area contributed by atoms with Crippen LogP contribution < -0.4 is 16.6 Å². The third-order valence-corrected chi connectivity index (χ3v) is 8.64. The molecule has 2 unspecified atom stereocenters. The van der Waals surface area contributed by atoms with E-state index in [4.69, 9.17) is 14.5 Å². The summed E-state index contributed by atoms with van der Waals surface area (Å²) in [4.78, 5) is 74.8. The van der Waals surface area contributed by atoms with Gasteiger partial charge in [0, 0.05) is 19.2 Å². The molecule has 1 saturated heterocycles. The number of nitrogens with one attached hydrogen (secondary N) is 2. The van der Waals surface area contributed by atoms with Crippen LogP contribution in [-0.4, -0.2) is 59.0 Å². The van der Waals surface area contributed by atoms with Gasteiger partial charge in [-0.2, -0.15) is 8.62 Å². The summed E-state index contributed by atoms with van der Waals surface area (Å²) in [6.07, 6.45) is -3.57. The van der Waals surface area contributed by atoms with Crippen molar-refractivity contribution in [3.63, 3.8) is 0 Å². The van der Waals surface area contributed by atoms with Crippen LogP contribution in [-0.2, 0) is 38.1 Å². The lowest BCUT2D eigenvalue weighted by Gasteiger charge is -2.19. The number of rotatable bonds is 11. The smallest absolute Gasteiger partial charge is 0.390 e. The molecule has 0 aliphatic carbocycles. The molecule has 3 rings (SSSR count). The summed E-state index contributed by atoms with van der Waals surface area (Å²) >= 11 is 0. The van der Waals surface area contributed by atoms with Gasteiger partial charge in [0.2, 0.25) is 0 Å². The van der Waals surface area contributed by atoms with E-state index in [-0.39, 0.29) is 13.0 Å². The largest absolute Gasteiger partial charge is 0.490 e. The summed E-state index contributed by atoms with van der Waals surface area (Å²) in [6, 6.07) is 8.75. The number of aliphatic hydroxyl groups excluding tert-OH is 1. The van der Waals surface area contributed by atoms with Crippen LogP contribution in [0.3, 0.4) is 0 Å². The molecular formula is C17H22N3O15P3. The number of carbonyl (C=O) groups is 1. The topological polar surface area (TPSA) is 273 Å². The molecule has 21 heteroatoms. The average molecular weight is 601 g/mol. The summed E-state index contributed by atoms with van der Waals surface area (Å²) in [7, 11) is -16.8. The van der Waals surface area contributed by atoms with Gasteiger partial charge in [-0.15, -0.1) is 0 Å². The summed E-state index contributed by atoms with van der Waals surface area (Å²) in [6.45, 7) is -0.885. The van der Waals surface area contributed by atoms with Crippen molar-refractivity contribution in [3.05, 3.63) is 68.5 Å². The van der Waals surface area contributed by atoms with E-state index >= 15 is 0 Å². The standard InChI is InChI=1S/C17H22N3O15P3/c21-12-6-14(33-13(12)9-32-37(28,29)35-38(30,31)34-36(25,26)27)20-8-11(16(23)19-17(20)24)15(22)18-7-10-4-2-1-3-5-10/h1-5,8,12-14,21H,6-7,9H2,(H,18,22)(H,28,29)(H,30,31)(H,19,23,24)(H2,25,26,27)/t12-,13+,14+/m0/s1. The summed E-state index contributed by atoms with van der Waals surface area (Å²) < 4.78 is 51.7. The zero-order valence-corrected chi connectivity index (χ0v) is 21.6. The van der Waals surface area contributed by atoms with Gasteiger partial charge in [0.1, 0.15) is 17.9 Å². The Morgan fingerprint density at radius 3 is 2.37 bits per heavy atom. The maximum Gasteiger partial charge on any atom is 0.490 e. The molecule has 18 nitrogen and oxygen atoms in total. The second-order valence-corrected chi connectivity index (χ2v) is 12.1. The molecule has 0 saturated carbocycles. The van der Waals surface area contributed by atoms with E-state index in [1.165, 1.54) is 0 Å². The summed E-state index contributed by atoms with van der Waals surface area (Å²) in [5, 5.41) is 12.7. The number of benzene rings is 1. The lowest BCUT2D eigenvalue weighted by molar-refractivity contribution is -0.0450. The Bertz CT molecular complexity index is 1420. The highest BCUT2D eigenvalue weighted by Crippen LogP contribution is 2.66. The molecule has 5 atom stereocenters. The molecular weight excluding hydrogens is 579 g/mol. The van der Waals surface area contributed by atoms with Crippen LogP contribution in [0.4, 0.5) is 0 Å². The number of ether oxygens (including phenoxy) is 1. The Hall–Kier alpha value is -2.30. The highest BCUT2D eigenvalue weighted by Gasteiger charge is 2.43. The fraction of sp³-hybridized carbons (Fsp3) is 0.353. The van der Waals surface area contributed by atoms with E-state index in [9.17, 15) is 43.0 Å². The number of aromatic amines is 1. The van der Waals surface area contributed by atoms with Crippen LogP contribution in [0.25, 0.3) is 0 Å². The molecule has 0 bridgehead atoms. The van der Waals surface area contributed by atoms with Crippen molar-refractivity contribution in [2.24, 2.45) is 0 Å². The lowest BCUT2D eigenvalue weighted by atomic mass is 10.2. The molecule has 210 valence electrons. The molecule has 1 amide bonds. The molecule has 1 aromatic heterocycles. The lowest BCUT2D eigenvalue weighted by Crippen LogP contribution is -2.38. The molecule has 2 aromatic rings. The van der Waals surface area contributed by atoms with E-state index < -0.39 is 71.2 Å². The van der Waals surface area contributed by atoms with Crippen LogP contribution in [0.2, 0.25) is 0 Å². The Morgan fingerprint density at radius 1 is 1.08 bits per heavy atom. The average Bonchev–Trinajstić information content (AvgIpc) is 3.14. The predicted octanol–water partition coefficient (Wildman–Crippen LogP) is -0.542. The normalized spacial score (nSPS) is 22.9. The first-order valence-electron chi connectivity index (χ1n) is 10.3. The minimum atomic E-state index is -5.75. The first-order valence-corrected chi connectivity index (χ1v) is 14.9. The second kappa shape index (κ2) is 11.8. The maximum absolute atomic E-state index is 12.5. The van der Waals surface area contributed by atoms with Gasteiger partial charge < -0.3 is 34.7 Å². The van der Waals surface area contributed by atoms with Gasteiger partial charge in [0.15, 0.2) is 0 Å². The van der Waals surface area contributed by atoms with E-state index in [0.717, 1.165) is 16.3 Å². The number of aromatic nitrogens is 2. The number of hydrogen-bond acceptors (Lipinski definition) is 11. The molecule has 1 aliphatic rings. The van der Waals surface area contributed by atoms with Crippen molar-refractivity contribution in [1.29, 1.82) is 0 Å². The summed E-state index contributed by atoms with van der Waals surface area (Å²) in [5.41, 5.74) is -1.69. The number of nitrogens with zero attached hydrogens (tertiary/aromatic N) is 1. The van der Waals surface area contributed by atoms with Crippen molar-refractivity contribution in [3.8, 4) is 0 Å². The quantitative estimate of drug-likeness (QED) is 0.159. The number of carbonyl (C=O) groups excluding carboxylic acids is 1. The number of phosphoric acid groups is 3. The molecule has 2 heterocycles. The van der Waals surface area contributed by atoms with E-state index in [0.29, 0.717) is 0 Å². The van der Waals surface area contributed by atoms with Gasteiger partial charge in [-0.3, -0.25) is 23.7 Å². The van der Waals surface area contributed by atoms with Crippen LogP contribution in [0, 0.1) is 0 Å². The molecule has 1 aliphatic heterocycles. The van der Waals surface area contributed by atoms with Gasteiger partial charge in [-0.1, -0.05) is 30.3 Å². The Kier molecular flexibility index (Phi) is 9.42. The molecule has 38 heavy (non-hydrogen) atoms. The van der Waals surface area contributed by atoms with E-state index in [2.05, 4.69) is 18.5 Å². The number of H-pyrrole nitrogens is 1. The van der Waals surface area contributed by atoms with Gasteiger partial charge in [0.05, 0.1) is 12.7 Å². The highest BCUT2D eigenvalue weighted by molar-refractivity contribution is 7.66. The monoisotopic (exact) mass is 601 g/mol. The fourth-order valence-corrected chi connectivity index (χ4v) is 6.27. The highest BCUT2D eigenvalue weighted by atomic mass is 31.3. The van der Waals surface area contributed by atoms with Crippen molar-refractivity contribution in [1.82, 2.24) is 14.9 Å². The number of aliphatic hydroxyl groups is 1. The Labute approximate surface area is 212 Å². The Balaban J connectivity index is 1.67. The third kappa shape index (κ3) is 8.61. The zero-order valence-electron chi connectivity index (χ0n) is 18.9. The SMILES string of the molecule is O=C(NCc1ccccc1)c1cn([C@H]2C[C@H](O)[C@@H](COP(=O)(O)OP(=O)(O)OP(=O)(O)O)O2)c(=O)[nH]c1=O. The van der Waals surface area contributed by atoms with Gasteiger partial charge in [-0.05, 0) is 5.56 Å².